The molecule has 5 nitrogen and oxygen atoms in total. The Labute approximate surface area is 116 Å². The molecule has 0 fully saturated rings. The second-order valence-corrected chi connectivity index (χ2v) is 4.69. The maximum absolute atomic E-state index is 11.9. The summed E-state index contributed by atoms with van der Waals surface area (Å²) >= 11 is 0. The van der Waals surface area contributed by atoms with E-state index in [1.54, 1.807) is 0 Å². The molecule has 0 saturated heterocycles. The molecule has 0 aliphatic carbocycles. The Bertz CT molecular complexity index is 618. The van der Waals surface area contributed by atoms with E-state index in [1.165, 1.54) is 18.5 Å². The predicted octanol–water partition coefficient (Wildman–Crippen LogP) is 1.52. The lowest BCUT2D eigenvalue weighted by Gasteiger charge is -2.11. The van der Waals surface area contributed by atoms with Gasteiger partial charge in [0, 0.05) is 12.6 Å². The number of aromatic hydroxyl groups is 1. The molecule has 20 heavy (non-hydrogen) atoms. The zero-order valence-electron chi connectivity index (χ0n) is 10.7. The van der Waals surface area contributed by atoms with Crippen molar-refractivity contribution >= 4 is 5.91 Å². The fourth-order valence-corrected chi connectivity index (χ4v) is 2.23. The van der Waals surface area contributed by atoms with Crippen LogP contribution in [0.25, 0.3) is 0 Å². The molecule has 0 radical (unpaired) electrons. The molecule has 2 aromatic rings. The third-order valence-electron chi connectivity index (χ3n) is 3.19. The number of carbonyl (C=O) groups excluding carboxylic acids is 1. The molecule has 1 aromatic carbocycles. The minimum absolute atomic E-state index is 0.0258. The number of pyridine rings is 1. The van der Waals surface area contributed by atoms with Crippen LogP contribution in [0, 0.1) is 0 Å². The van der Waals surface area contributed by atoms with Crippen LogP contribution in [0.5, 0.6) is 11.5 Å². The van der Waals surface area contributed by atoms with Crippen LogP contribution in [0.15, 0.2) is 42.7 Å². The van der Waals surface area contributed by atoms with Crippen LogP contribution in [0.4, 0.5) is 0 Å². The lowest BCUT2D eigenvalue weighted by atomic mass is 10.1. The van der Waals surface area contributed by atoms with E-state index in [2.05, 4.69) is 10.3 Å². The summed E-state index contributed by atoms with van der Waals surface area (Å²) in [5.41, 5.74) is 1.49. The Kier molecular flexibility index (Phi) is 3.25. The summed E-state index contributed by atoms with van der Waals surface area (Å²) in [5.74, 6) is 0.584. The van der Waals surface area contributed by atoms with Crippen LogP contribution in [0.2, 0.25) is 0 Å². The zero-order valence-corrected chi connectivity index (χ0v) is 10.7. The number of benzene rings is 1. The third kappa shape index (κ3) is 2.56. The zero-order chi connectivity index (χ0) is 13.9. The van der Waals surface area contributed by atoms with Gasteiger partial charge in [0.25, 0.3) is 5.91 Å². The second kappa shape index (κ2) is 5.21. The van der Waals surface area contributed by atoms with Crippen molar-refractivity contribution in [3.05, 3.63) is 53.9 Å². The van der Waals surface area contributed by atoms with Gasteiger partial charge in [-0.2, -0.15) is 0 Å². The molecule has 1 aliphatic heterocycles. The molecule has 2 N–H and O–H groups in total. The van der Waals surface area contributed by atoms with Crippen molar-refractivity contribution in [2.45, 2.75) is 12.5 Å². The molecule has 3 rings (SSSR count). The molecule has 102 valence electrons. The van der Waals surface area contributed by atoms with Crippen LogP contribution in [-0.4, -0.2) is 28.6 Å². The van der Waals surface area contributed by atoms with Crippen LogP contribution in [0.1, 0.15) is 15.9 Å². The summed E-state index contributed by atoms with van der Waals surface area (Å²) in [6.07, 6.45) is 3.43. The first-order chi connectivity index (χ1) is 9.72. The van der Waals surface area contributed by atoms with Crippen LogP contribution >= 0.6 is 0 Å². The molecule has 1 amide bonds. The molecular formula is C15H14N2O3. The number of rotatable bonds is 3. The lowest BCUT2D eigenvalue weighted by Crippen LogP contribution is -2.34. The van der Waals surface area contributed by atoms with Crippen molar-refractivity contribution in [2.24, 2.45) is 0 Å². The van der Waals surface area contributed by atoms with Crippen LogP contribution in [0.3, 0.4) is 0 Å². The van der Waals surface area contributed by atoms with Gasteiger partial charge in [-0.1, -0.05) is 18.2 Å². The molecule has 2 heterocycles. The molecular weight excluding hydrogens is 256 g/mol. The molecule has 0 spiro atoms. The van der Waals surface area contributed by atoms with Crippen molar-refractivity contribution in [1.82, 2.24) is 10.3 Å². The Balaban J connectivity index is 1.58. The number of nitrogens with zero attached hydrogens (tertiary/aromatic N) is 1. The molecule has 1 atom stereocenters. The highest BCUT2D eigenvalue weighted by Gasteiger charge is 2.22. The van der Waals surface area contributed by atoms with Gasteiger partial charge < -0.3 is 15.2 Å². The predicted molar refractivity (Wildman–Crippen MR) is 72.8 cm³/mol. The van der Waals surface area contributed by atoms with E-state index in [4.69, 9.17) is 4.74 Å². The van der Waals surface area contributed by atoms with E-state index in [9.17, 15) is 9.90 Å². The fraction of sp³-hybridized carbons (Fsp3) is 0.200. The summed E-state index contributed by atoms with van der Waals surface area (Å²) in [6.45, 7) is 0.420. The highest BCUT2D eigenvalue weighted by molar-refractivity contribution is 5.94. The highest BCUT2D eigenvalue weighted by Crippen LogP contribution is 2.27. The van der Waals surface area contributed by atoms with E-state index in [0.29, 0.717) is 12.1 Å². The van der Waals surface area contributed by atoms with Gasteiger partial charge in [-0.15, -0.1) is 0 Å². The molecule has 1 aliphatic rings. The fourth-order valence-electron chi connectivity index (χ4n) is 2.23. The summed E-state index contributed by atoms with van der Waals surface area (Å²) in [5, 5.41) is 12.1. The molecule has 0 bridgehead atoms. The van der Waals surface area contributed by atoms with E-state index >= 15 is 0 Å². The van der Waals surface area contributed by atoms with Crippen molar-refractivity contribution in [2.75, 3.05) is 6.54 Å². The standard InChI is InChI=1S/C15H14N2O3/c18-12-5-11(7-16-8-12)15(19)17-9-13-6-10-3-1-2-4-14(10)20-13/h1-5,7-8,13,18H,6,9H2,(H,17,19). The number of hydrogen-bond acceptors (Lipinski definition) is 4. The van der Waals surface area contributed by atoms with E-state index in [1.807, 2.05) is 24.3 Å². The molecule has 0 saturated carbocycles. The summed E-state index contributed by atoms with van der Waals surface area (Å²) in [4.78, 5) is 15.7. The summed E-state index contributed by atoms with van der Waals surface area (Å²) < 4.78 is 5.74. The van der Waals surface area contributed by atoms with Crippen molar-refractivity contribution in [3.63, 3.8) is 0 Å². The average molecular weight is 270 g/mol. The average Bonchev–Trinajstić information content (AvgIpc) is 2.87. The number of ether oxygens (including phenoxy) is 1. The Morgan fingerprint density at radius 2 is 2.25 bits per heavy atom. The summed E-state index contributed by atoms with van der Waals surface area (Å²) in [6, 6.07) is 9.24. The first-order valence-corrected chi connectivity index (χ1v) is 6.39. The quantitative estimate of drug-likeness (QED) is 0.887. The van der Waals surface area contributed by atoms with E-state index in [-0.39, 0.29) is 17.8 Å². The summed E-state index contributed by atoms with van der Waals surface area (Å²) in [7, 11) is 0. The number of para-hydroxylation sites is 1. The number of carbonyl (C=O) groups is 1. The maximum atomic E-state index is 11.9. The number of hydrogen-bond donors (Lipinski definition) is 2. The van der Waals surface area contributed by atoms with Gasteiger partial charge in [-0.3, -0.25) is 9.78 Å². The van der Waals surface area contributed by atoms with Gasteiger partial charge in [0.15, 0.2) is 0 Å². The van der Waals surface area contributed by atoms with E-state index < -0.39 is 0 Å². The van der Waals surface area contributed by atoms with Gasteiger partial charge >= 0.3 is 0 Å². The minimum Gasteiger partial charge on any atom is -0.506 e. The molecule has 1 aromatic heterocycles. The van der Waals surface area contributed by atoms with Gasteiger partial charge in [-0.05, 0) is 17.7 Å². The number of aromatic nitrogens is 1. The Hall–Kier alpha value is -2.56. The third-order valence-corrected chi connectivity index (χ3v) is 3.19. The SMILES string of the molecule is O=C(NCC1Cc2ccccc2O1)c1cncc(O)c1. The monoisotopic (exact) mass is 270 g/mol. The second-order valence-electron chi connectivity index (χ2n) is 4.69. The largest absolute Gasteiger partial charge is 0.506 e. The molecule has 5 heteroatoms. The number of nitrogens with one attached hydrogen (secondary N) is 1. The minimum atomic E-state index is -0.270. The Morgan fingerprint density at radius 1 is 1.40 bits per heavy atom. The van der Waals surface area contributed by atoms with Crippen molar-refractivity contribution < 1.29 is 14.6 Å². The van der Waals surface area contributed by atoms with Gasteiger partial charge in [0.05, 0.1) is 18.3 Å². The number of amides is 1. The van der Waals surface area contributed by atoms with Gasteiger partial charge in [-0.25, -0.2) is 0 Å². The molecule has 1 unspecified atom stereocenters. The van der Waals surface area contributed by atoms with Crippen molar-refractivity contribution in [1.29, 1.82) is 0 Å². The Morgan fingerprint density at radius 3 is 3.05 bits per heavy atom. The van der Waals surface area contributed by atoms with Crippen LogP contribution < -0.4 is 10.1 Å². The number of fused-ring (bicyclic) bond motifs is 1. The first-order valence-electron chi connectivity index (χ1n) is 6.39. The highest BCUT2D eigenvalue weighted by atomic mass is 16.5. The van der Waals surface area contributed by atoms with Gasteiger partial charge in [0.1, 0.15) is 17.6 Å². The van der Waals surface area contributed by atoms with Crippen LogP contribution in [-0.2, 0) is 6.42 Å². The lowest BCUT2D eigenvalue weighted by molar-refractivity contribution is 0.0933. The van der Waals surface area contributed by atoms with Crippen molar-refractivity contribution in [3.8, 4) is 11.5 Å². The smallest absolute Gasteiger partial charge is 0.253 e. The topological polar surface area (TPSA) is 71.5 Å². The maximum Gasteiger partial charge on any atom is 0.253 e. The normalized spacial score (nSPS) is 16.3. The first kappa shape index (κ1) is 12.5. The van der Waals surface area contributed by atoms with E-state index in [0.717, 1.165) is 17.7 Å². The van der Waals surface area contributed by atoms with Gasteiger partial charge in [0.2, 0.25) is 0 Å².